The molecular formula is C19H29N3O7S. The minimum Gasteiger partial charge on any atom is -0.382 e. The Morgan fingerprint density at radius 3 is 2.40 bits per heavy atom. The average Bonchev–Trinajstić information content (AvgIpc) is 2.78. The Morgan fingerprint density at radius 1 is 1.07 bits per heavy atom. The second kappa shape index (κ2) is 11.0. The van der Waals surface area contributed by atoms with E-state index in [2.05, 4.69) is 10.2 Å². The number of hydrogen-bond acceptors (Lipinski definition) is 8. The Balaban J connectivity index is 1.82. The topological polar surface area (TPSA) is 107 Å². The number of methoxy groups -OCH3 is 1. The molecule has 0 radical (unpaired) electrons. The summed E-state index contributed by atoms with van der Waals surface area (Å²) in [6, 6.07) is 4.84. The van der Waals surface area contributed by atoms with Crippen LogP contribution in [0.25, 0.3) is 0 Å². The zero-order chi connectivity index (χ0) is 21.4. The molecule has 0 bridgehead atoms. The molecule has 3 rings (SSSR count). The molecule has 30 heavy (non-hydrogen) atoms. The van der Waals surface area contributed by atoms with Gasteiger partial charge in [-0.2, -0.15) is 4.31 Å². The van der Waals surface area contributed by atoms with Gasteiger partial charge in [0.15, 0.2) is 0 Å². The van der Waals surface area contributed by atoms with Crippen LogP contribution < -0.4 is 10.2 Å². The van der Waals surface area contributed by atoms with Gasteiger partial charge >= 0.3 is 0 Å². The summed E-state index contributed by atoms with van der Waals surface area (Å²) in [6.07, 6.45) is 0. The first kappa shape index (κ1) is 22.9. The molecule has 2 fully saturated rings. The van der Waals surface area contributed by atoms with Crippen molar-refractivity contribution in [3.63, 3.8) is 0 Å². The average molecular weight is 444 g/mol. The van der Waals surface area contributed by atoms with Crippen molar-refractivity contribution in [3.8, 4) is 0 Å². The summed E-state index contributed by atoms with van der Waals surface area (Å²) in [7, 11) is -2.13. The second-order valence-electron chi connectivity index (χ2n) is 6.89. The molecular weight excluding hydrogens is 414 g/mol. The standard InChI is InChI=1S/C19H29N3O7S/c1-26-12-13-29-15-19(23)20-17-14-16(30(24,25)22-6-10-28-11-7-22)2-3-18(17)21-4-8-27-9-5-21/h2-3,14H,4-13,15H2,1H3,(H,20,23). The summed E-state index contributed by atoms with van der Waals surface area (Å²) in [5, 5.41) is 2.81. The molecule has 2 aliphatic rings. The summed E-state index contributed by atoms with van der Waals surface area (Å²) in [5.74, 6) is -0.360. The Kier molecular flexibility index (Phi) is 8.42. The third-order valence-electron chi connectivity index (χ3n) is 4.87. The molecule has 0 aliphatic carbocycles. The van der Waals surface area contributed by atoms with Crippen molar-refractivity contribution in [1.82, 2.24) is 4.31 Å². The Labute approximate surface area is 177 Å². The van der Waals surface area contributed by atoms with E-state index in [0.717, 1.165) is 5.69 Å². The molecule has 0 spiro atoms. The van der Waals surface area contributed by atoms with Gasteiger partial charge in [0.2, 0.25) is 15.9 Å². The van der Waals surface area contributed by atoms with Crippen molar-refractivity contribution < 1.29 is 32.2 Å². The van der Waals surface area contributed by atoms with Crippen LogP contribution in [0.5, 0.6) is 0 Å². The lowest BCUT2D eigenvalue weighted by Crippen LogP contribution is -2.40. The summed E-state index contributed by atoms with van der Waals surface area (Å²) in [5.41, 5.74) is 1.19. The van der Waals surface area contributed by atoms with Gasteiger partial charge in [-0.15, -0.1) is 0 Å². The number of sulfonamides is 1. The maximum absolute atomic E-state index is 13.0. The van der Waals surface area contributed by atoms with Gasteiger partial charge in [0.05, 0.1) is 55.9 Å². The van der Waals surface area contributed by atoms with Crippen LogP contribution >= 0.6 is 0 Å². The van der Waals surface area contributed by atoms with Crippen molar-refractivity contribution in [3.05, 3.63) is 18.2 Å². The van der Waals surface area contributed by atoms with E-state index in [4.69, 9.17) is 18.9 Å². The fraction of sp³-hybridized carbons (Fsp3) is 0.632. The first-order valence-corrected chi connectivity index (χ1v) is 11.4. The van der Waals surface area contributed by atoms with Gasteiger partial charge in [0, 0.05) is 33.3 Å². The van der Waals surface area contributed by atoms with Crippen molar-refractivity contribution in [2.24, 2.45) is 0 Å². The van der Waals surface area contributed by atoms with Crippen LogP contribution in [-0.4, -0.2) is 98.2 Å². The summed E-state index contributed by atoms with van der Waals surface area (Å²) < 4.78 is 48.3. The lowest BCUT2D eigenvalue weighted by molar-refractivity contribution is -0.121. The summed E-state index contributed by atoms with van der Waals surface area (Å²) >= 11 is 0. The molecule has 1 aromatic carbocycles. The highest BCUT2D eigenvalue weighted by molar-refractivity contribution is 7.89. The second-order valence-corrected chi connectivity index (χ2v) is 8.83. The number of anilines is 2. The lowest BCUT2D eigenvalue weighted by Gasteiger charge is -2.31. The van der Waals surface area contributed by atoms with Gasteiger partial charge in [-0.05, 0) is 18.2 Å². The Morgan fingerprint density at radius 2 is 1.73 bits per heavy atom. The van der Waals surface area contributed by atoms with Gasteiger partial charge in [-0.3, -0.25) is 4.79 Å². The first-order valence-electron chi connectivity index (χ1n) is 9.93. The molecule has 0 aromatic heterocycles. The molecule has 2 heterocycles. The van der Waals surface area contributed by atoms with E-state index in [1.165, 1.54) is 10.4 Å². The predicted molar refractivity (Wildman–Crippen MR) is 110 cm³/mol. The van der Waals surface area contributed by atoms with Crippen LogP contribution in [0, 0.1) is 0 Å². The molecule has 168 valence electrons. The molecule has 2 aliphatic heterocycles. The highest BCUT2D eigenvalue weighted by Crippen LogP contribution is 2.31. The first-order chi connectivity index (χ1) is 14.5. The minimum atomic E-state index is -3.68. The van der Waals surface area contributed by atoms with E-state index >= 15 is 0 Å². The number of amides is 1. The number of hydrogen-bond donors (Lipinski definition) is 1. The van der Waals surface area contributed by atoms with Crippen molar-refractivity contribution >= 4 is 27.3 Å². The van der Waals surface area contributed by atoms with E-state index in [0.29, 0.717) is 71.5 Å². The smallest absolute Gasteiger partial charge is 0.250 e. The van der Waals surface area contributed by atoms with E-state index in [-0.39, 0.29) is 17.4 Å². The number of carbonyl (C=O) groups excluding carboxylic acids is 1. The van der Waals surface area contributed by atoms with Crippen LogP contribution in [0.2, 0.25) is 0 Å². The molecule has 11 heteroatoms. The molecule has 0 unspecified atom stereocenters. The molecule has 0 saturated carbocycles. The maximum Gasteiger partial charge on any atom is 0.250 e. The predicted octanol–water partition coefficient (Wildman–Crippen LogP) is 0.146. The number of benzene rings is 1. The van der Waals surface area contributed by atoms with Crippen LogP contribution in [0.1, 0.15) is 0 Å². The normalized spacial score (nSPS) is 18.4. The van der Waals surface area contributed by atoms with Gasteiger partial charge in [0.1, 0.15) is 6.61 Å². The maximum atomic E-state index is 13.0. The Hall–Kier alpha value is -1.76. The highest BCUT2D eigenvalue weighted by atomic mass is 32.2. The number of ether oxygens (including phenoxy) is 4. The highest BCUT2D eigenvalue weighted by Gasteiger charge is 2.28. The summed E-state index contributed by atoms with van der Waals surface area (Å²) in [6.45, 7) is 4.35. The van der Waals surface area contributed by atoms with Crippen LogP contribution in [-0.2, 0) is 33.8 Å². The zero-order valence-electron chi connectivity index (χ0n) is 17.2. The van der Waals surface area contributed by atoms with Gasteiger partial charge < -0.3 is 29.2 Å². The number of nitrogens with zero attached hydrogens (tertiary/aromatic N) is 2. The Bertz CT molecular complexity index is 806. The molecule has 2 saturated heterocycles. The minimum absolute atomic E-state index is 0.136. The fourth-order valence-electron chi connectivity index (χ4n) is 3.29. The largest absolute Gasteiger partial charge is 0.382 e. The lowest BCUT2D eigenvalue weighted by atomic mass is 10.2. The van der Waals surface area contributed by atoms with Crippen LogP contribution in [0.15, 0.2) is 23.1 Å². The third-order valence-corrected chi connectivity index (χ3v) is 6.76. The van der Waals surface area contributed by atoms with Crippen LogP contribution in [0.3, 0.4) is 0 Å². The molecule has 1 N–H and O–H groups in total. The number of rotatable bonds is 9. The van der Waals surface area contributed by atoms with E-state index in [9.17, 15) is 13.2 Å². The van der Waals surface area contributed by atoms with E-state index in [1.807, 2.05) is 0 Å². The number of nitrogens with one attached hydrogen (secondary N) is 1. The number of carbonyl (C=O) groups is 1. The molecule has 1 amide bonds. The molecule has 10 nitrogen and oxygen atoms in total. The SMILES string of the molecule is COCCOCC(=O)Nc1cc(S(=O)(=O)N2CCOCC2)ccc1N1CCOCC1. The van der Waals surface area contributed by atoms with Crippen LogP contribution in [0.4, 0.5) is 11.4 Å². The van der Waals surface area contributed by atoms with Gasteiger partial charge in [0.25, 0.3) is 0 Å². The molecule has 1 aromatic rings. The van der Waals surface area contributed by atoms with E-state index in [1.54, 1.807) is 19.2 Å². The fourth-order valence-corrected chi connectivity index (χ4v) is 4.72. The van der Waals surface area contributed by atoms with Crippen molar-refractivity contribution in [2.45, 2.75) is 4.90 Å². The van der Waals surface area contributed by atoms with Gasteiger partial charge in [-0.25, -0.2) is 8.42 Å². The van der Waals surface area contributed by atoms with E-state index < -0.39 is 10.0 Å². The van der Waals surface area contributed by atoms with Crippen molar-refractivity contribution in [2.75, 3.05) is 89.8 Å². The van der Waals surface area contributed by atoms with Gasteiger partial charge in [-0.1, -0.05) is 0 Å². The number of morpholine rings is 2. The summed E-state index contributed by atoms with van der Waals surface area (Å²) in [4.78, 5) is 14.6. The molecule has 0 atom stereocenters. The zero-order valence-corrected chi connectivity index (χ0v) is 18.0. The quantitative estimate of drug-likeness (QED) is 0.538. The monoisotopic (exact) mass is 443 g/mol. The third kappa shape index (κ3) is 5.90. The van der Waals surface area contributed by atoms with Crippen molar-refractivity contribution in [1.29, 1.82) is 0 Å².